The molecule has 4 nitrogen and oxygen atoms in total. The Kier molecular flexibility index (Phi) is 6.15. The Morgan fingerprint density at radius 3 is 1.96 bits per heavy atom. The van der Waals surface area contributed by atoms with Gasteiger partial charge >= 0.3 is 6.01 Å². The summed E-state index contributed by atoms with van der Waals surface area (Å²) in [6.07, 6.45) is 0. The first-order chi connectivity index (χ1) is 24.3. The maximum atomic E-state index is 6.72. The van der Waals surface area contributed by atoms with Gasteiger partial charge in [-0.3, -0.25) is 4.90 Å². The number of benzene rings is 8. The standard InChI is InChI=1S/C45H29N3O/c1-2-14-33(15-3-1)48-42-20-9-8-18-39(42)40-27-26-35(29-43(40)48)47(45-46-41-28-23-31-12-5-7-17-38(31)44(41)49-45)34-24-21-32(22-25-34)37-19-10-13-30-11-4-6-16-36(30)37/h1-29H. The quantitative estimate of drug-likeness (QED) is 0.190. The van der Waals surface area contributed by atoms with Crippen LogP contribution in [0.5, 0.6) is 0 Å². The maximum absolute atomic E-state index is 6.72. The molecule has 0 aliphatic rings. The smallest absolute Gasteiger partial charge is 0.307 e. The first-order valence-corrected chi connectivity index (χ1v) is 16.6. The first kappa shape index (κ1) is 27.5. The van der Waals surface area contributed by atoms with E-state index in [2.05, 4.69) is 173 Å². The number of para-hydroxylation sites is 2. The minimum absolute atomic E-state index is 0.519. The highest BCUT2D eigenvalue weighted by atomic mass is 16.4. The molecule has 0 fully saturated rings. The van der Waals surface area contributed by atoms with E-state index in [0.717, 1.165) is 50.0 Å². The molecule has 0 saturated carbocycles. The summed E-state index contributed by atoms with van der Waals surface area (Å²) >= 11 is 0. The lowest BCUT2D eigenvalue weighted by Crippen LogP contribution is -2.10. The Labute approximate surface area is 282 Å². The zero-order chi connectivity index (χ0) is 32.3. The molecule has 0 radical (unpaired) electrons. The lowest BCUT2D eigenvalue weighted by Gasteiger charge is -2.22. The predicted molar refractivity (Wildman–Crippen MR) is 203 cm³/mol. The highest BCUT2D eigenvalue weighted by Crippen LogP contribution is 2.42. The van der Waals surface area contributed by atoms with E-state index in [1.54, 1.807) is 0 Å². The Hall–Kier alpha value is -6.65. The third kappa shape index (κ3) is 4.42. The van der Waals surface area contributed by atoms with Crippen LogP contribution in [0.2, 0.25) is 0 Å². The van der Waals surface area contributed by atoms with Crippen molar-refractivity contribution in [2.24, 2.45) is 0 Å². The fraction of sp³-hybridized carbons (Fsp3) is 0. The minimum Gasteiger partial charge on any atom is -0.422 e. The van der Waals surface area contributed by atoms with Crippen LogP contribution in [0.15, 0.2) is 180 Å². The van der Waals surface area contributed by atoms with Crippen molar-refractivity contribution in [1.82, 2.24) is 9.55 Å². The molecule has 0 aliphatic carbocycles. The minimum atomic E-state index is 0.519. The highest BCUT2D eigenvalue weighted by Gasteiger charge is 2.22. The zero-order valence-electron chi connectivity index (χ0n) is 26.5. The first-order valence-electron chi connectivity index (χ1n) is 16.6. The SMILES string of the molecule is c1ccc(-n2c3ccccc3c3ccc(N(c4ccc(-c5cccc6ccccc56)cc4)c4nc5ccc6ccccc6c5o4)cc32)cc1. The van der Waals surface area contributed by atoms with Gasteiger partial charge in [0.25, 0.3) is 0 Å². The highest BCUT2D eigenvalue weighted by molar-refractivity contribution is 6.10. The van der Waals surface area contributed by atoms with Crippen LogP contribution in [0.4, 0.5) is 17.4 Å². The number of fused-ring (bicyclic) bond motifs is 7. The molecule has 8 aromatic carbocycles. The van der Waals surface area contributed by atoms with E-state index in [1.807, 2.05) is 12.1 Å². The van der Waals surface area contributed by atoms with Crippen molar-refractivity contribution >= 4 is 71.8 Å². The molecule has 10 aromatic rings. The molecule has 0 aliphatic heterocycles. The van der Waals surface area contributed by atoms with E-state index < -0.39 is 0 Å². The molecular formula is C45H29N3O. The Balaban J connectivity index is 1.19. The van der Waals surface area contributed by atoms with Crippen LogP contribution < -0.4 is 4.90 Å². The van der Waals surface area contributed by atoms with Gasteiger partial charge in [-0.25, -0.2) is 0 Å². The van der Waals surface area contributed by atoms with Crippen LogP contribution in [0, 0.1) is 0 Å². The van der Waals surface area contributed by atoms with Gasteiger partial charge in [0.1, 0.15) is 5.52 Å². The van der Waals surface area contributed by atoms with Crippen molar-refractivity contribution in [3.63, 3.8) is 0 Å². The molecule has 230 valence electrons. The van der Waals surface area contributed by atoms with E-state index in [1.165, 1.54) is 32.6 Å². The normalized spacial score (nSPS) is 11.7. The largest absolute Gasteiger partial charge is 0.422 e. The number of hydrogen-bond acceptors (Lipinski definition) is 3. The lowest BCUT2D eigenvalue weighted by atomic mass is 9.98. The molecule has 0 amide bonds. The Morgan fingerprint density at radius 1 is 0.469 bits per heavy atom. The van der Waals surface area contributed by atoms with E-state index in [9.17, 15) is 0 Å². The van der Waals surface area contributed by atoms with Crippen LogP contribution in [-0.4, -0.2) is 9.55 Å². The second-order valence-corrected chi connectivity index (χ2v) is 12.4. The summed E-state index contributed by atoms with van der Waals surface area (Å²) in [7, 11) is 0. The van der Waals surface area contributed by atoms with Crippen molar-refractivity contribution in [3.05, 3.63) is 176 Å². The fourth-order valence-corrected chi connectivity index (χ4v) is 7.33. The second kappa shape index (κ2) is 11.0. The molecule has 0 N–H and O–H groups in total. The van der Waals surface area contributed by atoms with Crippen molar-refractivity contribution in [2.75, 3.05) is 4.90 Å². The third-order valence-electron chi connectivity index (χ3n) is 9.62. The third-order valence-corrected chi connectivity index (χ3v) is 9.62. The lowest BCUT2D eigenvalue weighted by molar-refractivity contribution is 0.611. The summed E-state index contributed by atoms with van der Waals surface area (Å²) < 4.78 is 9.06. The number of anilines is 3. The topological polar surface area (TPSA) is 34.2 Å². The molecule has 0 saturated heterocycles. The van der Waals surface area contributed by atoms with Crippen LogP contribution in [0.1, 0.15) is 0 Å². The molecule has 0 atom stereocenters. The van der Waals surface area contributed by atoms with Crippen LogP contribution >= 0.6 is 0 Å². The van der Waals surface area contributed by atoms with Crippen LogP contribution in [-0.2, 0) is 0 Å². The van der Waals surface area contributed by atoms with E-state index in [-0.39, 0.29) is 0 Å². The number of nitrogens with zero attached hydrogens (tertiary/aromatic N) is 3. The summed E-state index contributed by atoms with van der Waals surface area (Å²) in [6.45, 7) is 0. The maximum Gasteiger partial charge on any atom is 0.307 e. The van der Waals surface area contributed by atoms with Crippen molar-refractivity contribution < 1.29 is 4.42 Å². The molecule has 0 bridgehead atoms. The second-order valence-electron chi connectivity index (χ2n) is 12.4. The van der Waals surface area contributed by atoms with Gasteiger partial charge in [-0.1, -0.05) is 127 Å². The Morgan fingerprint density at radius 2 is 1.12 bits per heavy atom. The molecule has 0 unspecified atom stereocenters. The van der Waals surface area contributed by atoms with Crippen molar-refractivity contribution in [3.8, 4) is 16.8 Å². The van der Waals surface area contributed by atoms with Gasteiger partial charge in [-0.2, -0.15) is 4.98 Å². The van der Waals surface area contributed by atoms with E-state index >= 15 is 0 Å². The van der Waals surface area contributed by atoms with E-state index in [4.69, 9.17) is 9.40 Å². The monoisotopic (exact) mass is 627 g/mol. The molecule has 0 spiro atoms. The van der Waals surface area contributed by atoms with Gasteiger partial charge < -0.3 is 8.98 Å². The van der Waals surface area contributed by atoms with Gasteiger partial charge in [0.05, 0.1) is 22.4 Å². The Bertz CT molecular complexity index is 2820. The number of oxazole rings is 1. The van der Waals surface area contributed by atoms with Gasteiger partial charge in [0.15, 0.2) is 5.58 Å². The number of rotatable bonds is 5. The van der Waals surface area contributed by atoms with Gasteiger partial charge in [0.2, 0.25) is 0 Å². The fourth-order valence-electron chi connectivity index (χ4n) is 7.33. The van der Waals surface area contributed by atoms with Gasteiger partial charge in [-0.05, 0) is 75.8 Å². The summed E-state index contributed by atoms with van der Waals surface area (Å²) in [4.78, 5) is 7.23. The molecular weight excluding hydrogens is 599 g/mol. The molecule has 2 heterocycles. The van der Waals surface area contributed by atoms with E-state index in [0.29, 0.717) is 6.01 Å². The summed E-state index contributed by atoms with van der Waals surface area (Å²) in [5.41, 5.74) is 9.29. The van der Waals surface area contributed by atoms with Crippen molar-refractivity contribution in [2.45, 2.75) is 0 Å². The molecule has 10 rings (SSSR count). The van der Waals surface area contributed by atoms with Crippen molar-refractivity contribution in [1.29, 1.82) is 0 Å². The van der Waals surface area contributed by atoms with Gasteiger partial charge in [0, 0.05) is 21.8 Å². The van der Waals surface area contributed by atoms with Gasteiger partial charge in [-0.15, -0.1) is 0 Å². The molecule has 4 heteroatoms. The average molecular weight is 628 g/mol. The molecule has 2 aromatic heterocycles. The average Bonchev–Trinajstić information content (AvgIpc) is 3.75. The zero-order valence-corrected chi connectivity index (χ0v) is 26.5. The number of hydrogen-bond donors (Lipinski definition) is 0. The summed E-state index contributed by atoms with van der Waals surface area (Å²) in [5, 5.41) is 7.04. The van der Waals surface area contributed by atoms with Crippen LogP contribution in [0.25, 0.3) is 71.3 Å². The predicted octanol–water partition coefficient (Wildman–Crippen LogP) is 12.4. The van der Waals surface area contributed by atoms with Crippen LogP contribution in [0.3, 0.4) is 0 Å². The summed E-state index contributed by atoms with van der Waals surface area (Å²) in [6, 6.07) is 62.6. The summed E-state index contributed by atoms with van der Waals surface area (Å²) in [5.74, 6) is 0. The number of aromatic nitrogens is 2. The molecule has 49 heavy (non-hydrogen) atoms.